The molecular weight excluding hydrogens is 200 g/mol. The average Bonchev–Trinajstić information content (AvgIpc) is 2.61. The number of rotatable bonds is 0. The molecule has 2 heterocycles. The summed E-state index contributed by atoms with van der Waals surface area (Å²) in [5, 5.41) is 7.79. The molecule has 0 unspecified atom stereocenters. The second-order valence-electron chi connectivity index (χ2n) is 4.59. The van der Waals surface area contributed by atoms with Crippen molar-refractivity contribution in [2.45, 2.75) is 19.5 Å². The van der Waals surface area contributed by atoms with Gasteiger partial charge in [0.1, 0.15) is 5.66 Å². The molecule has 1 aromatic heterocycles. The van der Waals surface area contributed by atoms with Crippen LogP contribution in [0.3, 0.4) is 0 Å². The van der Waals surface area contributed by atoms with Gasteiger partial charge in [0.2, 0.25) is 0 Å². The molecule has 0 saturated heterocycles. The van der Waals surface area contributed by atoms with E-state index in [2.05, 4.69) is 36.4 Å². The number of para-hydroxylation sites is 1. The summed E-state index contributed by atoms with van der Waals surface area (Å²) in [6.07, 6.45) is 1.71. The minimum Gasteiger partial charge on any atom is -0.396 e. The smallest absolute Gasteiger partial charge is 0.126 e. The third kappa shape index (κ3) is 1.07. The zero-order chi connectivity index (χ0) is 11.3. The molecule has 16 heavy (non-hydrogen) atoms. The van der Waals surface area contributed by atoms with Crippen LogP contribution in [0.5, 0.6) is 0 Å². The summed E-state index contributed by atoms with van der Waals surface area (Å²) >= 11 is 0. The Hall–Kier alpha value is -1.97. The minimum atomic E-state index is -0.249. The third-order valence-electron chi connectivity index (χ3n) is 2.95. The highest BCUT2D eigenvalue weighted by Crippen LogP contribution is 2.40. The van der Waals surface area contributed by atoms with Crippen molar-refractivity contribution in [1.29, 1.82) is 0 Å². The van der Waals surface area contributed by atoms with Gasteiger partial charge in [-0.05, 0) is 19.9 Å². The van der Waals surface area contributed by atoms with Crippen LogP contribution >= 0.6 is 0 Å². The lowest BCUT2D eigenvalue weighted by Crippen LogP contribution is -2.39. The molecule has 82 valence electrons. The van der Waals surface area contributed by atoms with E-state index in [4.69, 9.17) is 5.73 Å². The van der Waals surface area contributed by atoms with E-state index in [0.29, 0.717) is 0 Å². The van der Waals surface area contributed by atoms with Gasteiger partial charge in [0.15, 0.2) is 0 Å². The molecule has 0 amide bonds. The molecule has 1 aliphatic heterocycles. The maximum absolute atomic E-state index is 5.99. The van der Waals surface area contributed by atoms with Gasteiger partial charge >= 0.3 is 0 Å². The summed E-state index contributed by atoms with van der Waals surface area (Å²) in [6.45, 7) is 4.16. The van der Waals surface area contributed by atoms with Crippen LogP contribution in [0.4, 0.5) is 11.4 Å². The number of anilines is 2. The molecule has 3 rings (SSSR count). The van der Waals surface area contributed by atoms with Crippen molar-refractivity contribution in [2.75, 3.05) is 11.1 Å². The fraction of sp³-hybridized carbons (Fsp3) is 0.250. The number of fused-ring (bicyclic) bond motifs is 3. The highest BCUT2D eigenvalue weighted by atomic mass is 15.4. The molecule has 0 aliphatic carbocycles. The molecular formula is C12H14N4. The third-order valence-corrected chi connectivity index (χ3v) is 2.95. The quantitative estimate of drug-likeness (QED) is 0.707. The van der Waals surface area contributed by atoms with Crippen LogP contribution in [-0.2, 0) is 5.66 Å². The van der Waals surface area contributed by atoms with E-state index in [1.54, 1.807) is 6.20 Å². The number of hydrogen-bond acceptors (Lipinski definition) is 3. The van der Waals surface area contributed by atoms with Crippen molar-refractivity contribution in [3.63, 3.8) is 0 Å². The Bertz CT molecular complexity index is 554. The van der Waals surface area contributed by atoms with E-state index >= 15 is 0 Å². The molecule has 0 atom stereocenters. The van der Waals surface area contributed by atoms with Gasteiger partial charge in [-0.3, -0.25) is 0 Å². The molecule has 0 radical (unpaired) electrons. The summed E-state index contributed by atoms with van der Waals surface area (Å²) in [5.74, 6) is 0. The Labute approximate surface area is 94.1 Å². The number of nitrogens with two attached hydrogens (primary N) is 1. The highest BCUT2D eigenvalue weighted by molar-refractivity contribution is 5.84. The van der Waals surface area contributed by atoms with Crippen LogP contribution < -0.4 is 11.1 Å². The Morgan fingerprint density at radius 3 is 2.88 bits per heavy atom. The van der Waals surface area contributed by atoms with Gasteiger partial charge in [0.05, 0.1) is 17.6 Å². The van der Waals surface area contributed by atoms with E-state index < -0.39 is 0 Å². The molecule has 0 saturated carbocycles. The Morgan fingerprint density at radius 2 is 2.06 bits per heavy atom. The van der Waals surface area contributed by atoms with Crippen LogP contribution in [0.2, 0.25) is 0 Å². The minimum absolute atomic E-state index is 0.249. The molecule has 4 heteroatoms. The first-order chi connectivity index (χ1) is 7.59. The Kier molecular flexibility index (Phi) is 1.61. The lowest BCUT2D eigenvalue weighted by Gasteiger charge is -2.35. The number of nitrogens with zero attached hydrogens (tertiary/aromatic N) is 2. The zero-order valence-electron chi connectivity index (χ0n) is 9.36. The Balaban J connectivity index is 2.36. The largest absolute Gasteiger partial charge is 0.396 e. The standard InChI is InChI=1S/C12H14N4/c1-12(2)15-10-6-4-3-5-8(10)11-9(13)7-14-16(11)12/h3-7,15H,13H2,1-2H3. The van der Waals surface area contributed by atoms with Crippen molar-refractivity contribution >= 4 is 11.4 Å². The summed E-state index contributed by atoms with van der Waals surface area (Å²) in [5.41, 5.74) is 9.67. The van der Waals surface area contributed by atoms with Crippen molar-refractivity contribution in [1.82, 2.24) is 9.78 Å². The van der Waals surface area contributed by atoms with Gasteiger partial charge in [-0.2, -0.15) is 5.10 Å². The fourth-order valence-corrected chi connectivity index (χ4v) is 2.24. The van der Waals surface area contributed by atoms with Gasteiger partial charge in [-0.25, -0.2) is 4.68 Å². The lowest BCUT2D eigenvalue weighted by atomic mass is 10.0. The molecule has 1 aromatic carbocycles. The number of hydrogen-bond donors (Lipinski definition) is 2. The number of nitrogen functional groups attached to an aromatic ring is 1. The summed E-state index contributed by atoms with van der Waals surface area (Å²) in [4.78, 5) is 0. The molecule has 3 N–H and O–H groups in total. The second-order valence-corrected chi connectivity index (χ2v) is 4.59. The van der Waals surface area contributed by atoms with E-state index in [0.717, 1.165) is 22.6 Å². The van der Waals surface area contributed by atoms with Gasteiger partial charge < -0.3 is 11.1 Å². The van der Waals surface area contributed by atoms with Crippen molar-refractivity contribution < 1.29 is 0 Å². The fourth-order valence-electron chi connectivity index (χ4n) is 2.24. The van der Waals surface area contributed by atoms with E-state index in [-0.39, 0.29) is 5.66 Å². The zero-order valence-corrected chi connectivity index (χ0v) is 9.36. The van der Waals surface area contributed by atoms with Crippen LogP contribution in [0, 0.1) is 0 Å². The molecule has 2 aromatic rings. The van der Waals surface area contributed by atoms with Crippen molar-refractivity contribution in [3.8, 4) is 11.3 Å². The van der Waals surface area contributed by atoms with E-state index in [9.17, 15) is 0 Å². The molecule has 0 spiro atoms. The summed E-state index contributed by atoms with van der Waals surface area (Å²) in [7, 11) is 0. The summed E-state index contributed by atoms with van der Waals surface area (Å²) < 4.78 is 1.94. The van der Waals surface area contributed by atoms with E-state index in [1.807, 2.05) is 16.8 Å². The maximum atomic E-state index is 5.99. The van der Waals surface area contributed by atoms with Gasteiger partial charge in [-0.15, -0.1) is 0 Å². The van der Waals surface area contributed by atoms with Gasteiger partial charge in [0.25, 0.3) is 0 Å². The van der Waals surface area contributed by atoms with Crippen molar-refractivity contribution in [2.24, 2.45) is 0 Å². The lowest BCUT2D eigenvalue weighted by molar-refractivity contribution is 0.369. The van der Waals surface area contributed by atoms with Gasteiger partial charge in [-0.1, -0.05) is 18.2 Å². The maximum Gasteiger partial charge on any atom is 0.126 e. The topological polar surface area (TPSA) is 55.9 Å². The predicted octanol–water partition coefficient (Wildman–Crippen LogP) is 2.25. The second kappa shape index (κ2) is 2.78. The molecule has 1 aliphatic rings. The number of benzene rings is 1. The molecule has 0 bridgehead atoms. The van der Waals surface area contributed by atoms with Crippen LogP contribution in [0.25, 0.3) is 11.3 Å². The molecule has 0 fully saturated rings. The first-order valence-corrected chi connectivity index (χ1v) is 5.31. The first kappa shape index (κ1) is 9.27. The highest BCUT2D eigenvalue weighted by Gasteiger charge is 2.31. The first-order valence-electron chi connectivity index (χ1n) is 5.31. The SMILES string of the molecule is CC1(C)Nc2ccccc2-c2c(N)cnn21. The van der Waals surface area contributed by atoms with E-state index in [1.165, 1.54) is 0 Å². The van der Waals surface area contributed by atoms with Crippen LogP contribution in [0.1, 0.15) is 13.8 Å². The number of nitrogens with one attached hydrogen (secondary N) is 1. The monoisotopic (exact) mass is 214 g/mol. The molecule has 4 nitrogen and oxygen atoms in total. The van der Waals surface area contributed by atoms with Crippen LogP contribution in [0.15, 0.2) is 30.5 Å². The average molecular weight is 214 g/mol. The predicted molar refractivity (Wildman–Crippen MR) is 65.0 cm³/mol. The normalized spacial score (nSPS) is 16.1. The summed E-state index contributed by atoms with van der Waals surface area (Å²) in [6, 6.07) is 8.15. The Morgan fingerprint density at radius 1 is 1.31 bits per heavy atom. The van der Waals surface area contributed by atoms with Crippen molar-refractivity contribution in [3.05, 3.63) is 30.5 Å². The van der Waals surface area contributed by atoms with Crippen LogP contribution in [-0.4, -0.2) is 9.78 Å². The number of aromatic nitrogens is 2. The van der Waals surface area contributed by atoms with Gasteiger partial charge in [0, 0.05) is 11.3 Å².